The highest BCUT2D eigenvalue weighted by atomic mass is 16.2. The van der Waals surface area contributed by atoms with Gasteiger partial charge in [-0.1, -0.05) is 60.7 Å². The second-order valence-corrected chi connectivity index (χ2v) is 7.76. The van der Waals surface area contributed by atoms with E-state index in [9.17, 15) is 9.59 Å². The van der Waals surface area contributed by atoms with Gasteiger partial charge in [-0.3, -0.25) is 9.59 Å². The molecule has 6 heteroatoms. The van der Waals surface area contributed by atoms with Gasteiger partial charge >= 0.3 is 0 Å². The first-order valence-electron chi connectivity index (χ1n) is 10.5. The SMILES string of the molecule is Cn1c(C(=O)NC(Cc2ccc3ccccc3c2)C(=O)NCCC#N)cc2ccccc21. The van der Waals surface area contributed by atoms with Crippen molar-refractivity contribution in [2.45, 2.75) is 18.9 Å². The zero-order valence-corrected chi connectivity index (χ0v) is 17.8. The summed E-state index contributed by atoms with van der Waals surface area (Å²) in [5.74, 6) is -0.620. The minimum absolute atomic E-state index is 0.214. The zero-order valence-electron chi connectivity index (χ0n) is 17.8. The van der Waals surface area contributed by atoms with Crippen LogP contribution in [0.4, 0.5) is 0 Å². The van der Waals surface area contributed by atoms with Gasteiger partial charge in [0.1, 0.15) is 11.7 Å². The molecule has 0 spiro atoms. The lowest BCUT2D eigenvalue weighted by atomic mass is 10.0. The van der Waals surface area contributed by atoms with Gasteiger partial charge in [-0.25, -0.2) is 0 Å². The monoisotopic (exact) mass is 424 g/mol. The lowest BCUT2D eigenvalue weighted by molar-refractivity contribution is -0.122. The maximum absolute atomic E-state index is 13.1. The number of hydrogen-bond acceptors (Lipinski definition) is 3. The third-order valence-electron chi connectivity index (χ3n) is 5.60. The molecule has 0 aliphatic rings. The van der Waals surface area contributed by atoms with Crippen molar-refractivity contribution in [3.05, 3.63) is 84.1 Å². The van der Waals surface area contributed by atoms with E-state index in [4.69, 9.17) is 5.26 Å². The summed E-state index contributed by atoms with van der Waals surface area (Å²) in [7, 11) is 1.84. The van der Waals surface area contributed by atoms with Crippen LogP contribution in [0.3, 0.4) is 0 Å². The summed E-state index contributed by atoms with van der Waals surface area (Å²) in [5, 5.41) is 17.6. The van der Waals surface area contributed by atoms with Crippen LogP contribution in [0.5, 0.6) is 0 Å². The van der Waals surface area contributed by atoms with Crippen LogP contribution in [0, 0.1) is 11.3 Å². The predicted octanol–water partition coefficient (Wildman–Crippen LogP) is 3.70. The molecular formula is C26H24N4O2. The Morgan fingerprint density at radius 3 is 2.44 bits per heavy atom. The third kappa shape index (κ3) is 4.47. The quantitative estimate of drug-likeness (QED) is 0.444. The Hall–Kier alpha value is -4.11. The molecule has 0 radical (unpaired) electrons. The van der Waals surface area contributed by atoms with Crippen molar-refractivity contribution in [2.24, 2.45) is 7.05 Å². The number of rotatable bonds is 7. The number of carbonyl (C=O) groups excluding carboxylic acids is 2. The number of amides is 2. The van der Waals surface area contributed by atoms with Crippen LogP contribution in [0.25, 0.3) is 21.7 Å². The molecular weight excluding hydrogens is 400 g/mol. The molecule has 0 aliphatic carbocycles. The number of nitrogens with zero attached hydrogens (tertiary/aromatic N) is 2. The second-order valence-electron chi connectivity index (χ2n) is 7.76. The molecule has 1 unspecified atom stereocenters. The van der Waals surface area contributed by atoms with Gasteiger partial charge in [-0.05, 0) is 28.5 Å². The molecule has 0 aliphatic heterocycles. The van der Waals surface area contributed by atoms with E-state index in [0.717, 1.165) is 27.2 Å². The molecule has 3 aromatic carbocycles. The molecule has 6 nitrogen and oxygen atoms in total. The van der Waals surface area contributed by atoms with Crippen LogP contribution in [-0.4, -0.2) is 29.0 Å². The fraction of sp³-hybridized carbons (Fsp3) is 0.192. The smallest absolute Gasteiger partial charge is 0.268 e. The molecule has 32 heavy (non-hydrogen) atoms. The normalized spacial score (nSPS) is 11.8. The van der Waals surface area contributed by atoms with Crippen molar-refractivity contribution in [1.82, 2.24) is 15.2 Å². The topological polar surface area (TPSA) is 86.9 Å². The molecule has 1 heterocycles. The van der Waals surface area contributed by atoms with Crippen LogP contribution in [0.15, 0.2) is 72.8 Å². The summed E-state index contributed by atoms with van der Waals surface area (Å²) in [4.78, 5) is 26.0. The van der Waals surface area contributed by atoms with Gasteiger partial charge in [-0.15, -0.1) is 0 Å². The standard InChI is InChI=1S/C26H24N4O2/c1-30-23-10-5-4-9-21(23)17-24(30)26(32)29-22(25(31)28-14-6-13-27)16-18-11-12-19-7-2-3-8-20(19)15-18/h2-5,7-12,15,17,22H,6,14,16H2,1H3,(H,28,31)(H,29,32). The third-order valence-corrected chi connectivity index (χ3v) is 5.60. The molecule has 160 valence electrons. The Balaban J connectivity index is 1.59. The molecule has 2 N–H and O–H groups in total. The zero-order chi connectivity index (χ0) is 22.5. The summed E-state index contributed by atoms with van der Waals surface area (Å²) in [5.41, 5.74) is 2.38. The Morgan fingerprint density at radius 2 is 1.69 bits per heavy atom. The Bertz CT molecular complexity index is 1330. The maximum atomic E-state index is 13.1. The number of aryl methyl sites for hydroxylation is 1. The lowest BCUT2D eigenvalue weighted by Gasteiger charge is -2.19. The number of nitrogens with one attached hydrogen (secondary N) is 2. The number of aromatic nitrogens is 1. The van der Waals surface area contributed by atoms with Gasteiger partial charge in [0, 0.05) is 30.9 Å². The van der Waals surface area contributed by atoms with E-state index >= 15 is 0 Å². The molecule has 0 bridgehead atoms. The highest BCUT2D eigenvalue weighted by molar-refractivity contribution is 6.00. The van der Waals surface area contributed by atoms with E-state index in [2.05, 4.69) is 10.6 Å². The van der Waals surface area contributed by atoms with Crippen LogP contribution in [-0.2, 0) is 18.3 Å². The van der Waals surface area contributed by atoms with Gasteiger partial charge in [0.15, 0.2) is 0 Å². The Labute approximate surface area is 186 Å². The van der Waals surface area contributed by atoms with Gasteiger partial charge < -0.3 is 15.2 Å². The number of hydrogen-bond donors (Lipinski definition) is 2. The van der Waals surface area contributed by atoms with Crippen molar-refractivity contribution < 1.29 is 9.59 Å². The number of benzene rings is 3. The van der Waals surface area contributed by atoms with Crippen molar-refractivity contribution in [3.8, 4) is 6.07 Å². The predicted molar refractivity (Wildman–Crippen MR) is 125 cm³/mol. The highest BCUT2D eigenvalue weighted by Crippen LogP contribution is 2.19. The van der Waals surface area contributed by atoms with Crippen molar-refractivity contribution >= 4 is 33.5 Å². The van der Waals surface area contributed by atoms with E-state index in [1.54, 1.807) is 0 Å². The van der Waals surface area contributed by atoms with Crippen LogP contribution >= 0.6 is 0 Å². The average Bonchev–Trinajstić information content (AvgIpc) is 3.15. The minimum atomic E-state index is -0.764. The van der Waals surface area contributed by atoms with Crippen LogP contribution in [0.2, 0.25) is 0 Å². The van der Waals surface area contributed by atoms with E-state index < -0.39 is 6.04 Å². The van der Waals surface area contributed by atoms with Crippen molar-refractivity contribution in [3.63, 3.8) is 0 Å². The lowest BCUT2D eigenvalue weighted by Crippen LogP contribution is -2.48. The summed E-state index contributed by atoms with van der Waals surface area (Å²) < 4.78 is 1.82. The Morgan fingerprint density at radius 1 is 0.969 bits per heavy atom. The van der Waals surface area contributed by atoms with E-state index in [0.29, 0.717) is 12.1 Å². The van der Waals surface area contributed by atoms with Gasteiger partial charge in [0.2, 0.25) is 5.91 Å². The average molecular weight is 425 g/mol. The summed E-state index contributed by atoms with van der Waals surface area (Å²) >= 11 is 0. The number of fused-ring (bicyclic) bond motifs is 2. The first-order chi connectivity index (χ1) is 15.6. The first-order valence-corrected chi connectivity index (χ1v) is 10.5. The Kier molecular flexibility index (Phi) is 6.18. The molecule has 1 aromatic heterocycles. The molecule has 4 rings (SSSR count). The van der Waals surface area contributed by atoms with Gasteiger partial charge in [-0.2, -0.15) is 5.26 Å². The minimum Gasteiger partial charge on any atom is -0.353 e. The molecule has 4 aromatic rings. The molecule has 0 saturated carbocycles. The largest absolute Gasteiger partial charge is 0.353 e. The second kappa shape index (κ2) is 9.36. The molecule has 2 amide bonds. The van der Waals surface area contributed by atoms with E-state index in [1.807, 2.05) is 90.5 Å². The highest BCUT2D eigenvalue weighted by Gasteiger charge is 2.23. The number of para-hydroxylation sites is 1. The summed E-state index contributed by atoms with van der Waals surface area (Å²) in [6.07, 6.45) is 0.560. The molecule has 0 fully saturated rings. The molecule has 0 saturated heterocycles. The van der Waals surface area contributed by atoms with E-state index in [1.165, 1.54) is 0 Å². The van der Waals surface area contributed by atoms with Crippen LogP contribution in [0.1, 0.15) is 22.5 Å². The van der Waals surface area contributed by atoms with Crippen molar-refractivity contribution in [1.29, 1.82) is 5.26 Å². The number of nitriles is 1. The van der Waals surface area contributed by atoms with E-state index in [-0.39, 0.29) is 24.8 Å². The fourth-order valence-corrected chi connectivity index (χ4v) is 3.91. The molecule has 1 atom stereocenters. The maximum Gasteiger partial charge on any atom is 0.268 e. The van der Waals surface area contributed by atoms with Gasteiger partial charge in [0.25, 0.3) is 5.91 Å². The fourth-order valence-electron chi connectivity index (χ4n) is 3.91. The van der Waals surface area contributed by atoms with Crippen LogP contribution < -0.4 is 10.6 Å². The summed E-state index contributed by atoms with van der Waals surface area (Å²) in [6.45, 7) is 0.244. The summed E-state index contributed by atoms with van der Waals surface area (Å²) in [6, 6.07) is 24.9. The number of carbonyl (C=O) groups is 2. The van der Waals surface area contributed by atoms with Gasteiger partial charge in [0.05, 0.1) is 12.5 Å². The van der Waals surface area contributed by atoms with Crippen molar-refractivity contribution in [2.75, 3.05) is 6.54 Å². The first kappa shape index (κ1) is 21.1.